The fourth-order valence-corrected chi connectivity index (χ4v) is 2.20. The Bertz CT molecular complexity index is 651. The number of halogens is 3. The van der Waals surface area contributed by atoms with Crippen LogP contribution in [0.2, 0.25) is 0 Å². The van der Waals surface area contributed by atoms with Gasteiger partial charge in [-0.2, -0.15) is 0 Å². The monoisotopic (exact) mass is 309 g/mol. The van der Waals surface area contributed by atoms with Crippen LogP contribution in [0.5, 0.6) is 5.75 Å². The van der Waals surface area contributed by atoms with Crippen LogP contribution in [0.4, 0.5) is 13.2 Å². The van der Waals surface area contributed by atoms with Gasteiger partial charge in [-0.25, -0.2) is 0 Å². The van der Waals surface area contributed by atoms with Crippen LogP contribution in [0.3, 0.4) is 0 Å². The molecule has 2 nitrogen and oxygen atoms in total. The smallest absolute Gasteiger partial charge is 0.405 e. The Balaban J connectivity index is 2.44. The SMILES string of the molecule is CC(C)c1cccc(-c2ccc(CN)c(OC(F)(F)F)c2)c1. The van der Waals surface area contributed by atoms with Gasteiger partial charge >= 0.3 is 6.36 Å². The molecule has 0 bridgehead atoms. The van der Waals surface area contributed by atoms with Crippen LogP contribution in [0.15, 0.2) is 42.5 Å². The fourth-order valence-electron chi connectivity index (χ4n) is 2.20. The van der Waals surface area contributed by atoms with Crippen LogP contribution >= 0.6 is 0 Å². The first kappa shape index (κ1) is 16.4. The van der Waals surface area contributed by atoms with Crippen molar-refractivity contribution in [1.29, 1.82) is 0 Å². The fraction of sp³-hybridized carbons (Fsp3) is 0.294. The van der Waals surface area contributed by atoms with Crippen LogP contribution in [-0.4, -0.2) is 6.36 Å². The highest BCUT2D eigenvalue weighted by atomic mass is 19.4. The highest BCUT2D eigenvalue weighted by Crippen LogP contribution is 2.32. The molecule has 0 saturated heterocycles. The normalized spacial score (nSPS) is 11.8. The van der Waals surface area contributed by atoms with Gasteiger partial charge in [-0.3, -0.25) is 0 Å². The number of alkyl halides is 3. The molecule has 0 fully saturated rings. The second-order valence-electron chi connectivity index (χ2n) is 5.35. The summed E-state index contributed by atoms with van der Waals surface area (Å²) >= 11 is 0. The van der Waals surface area contributed by atoms with Crippen molar-refractivity contribution in [3.63, 3.8) is 0 Å². The predicted molar refractivity (Wildman–Crippen MR) is 80.5 cm³/mol. The van der Waals surface area contributed by atoms with Crippen molar-refractivity contribution in [2.24, 2.45) is 5.73 Å². The molecule has 0 aromatic heterocycles. The van der Waals surface area contributed by atoms with E-state index in [0.717, 1.165) is 11.1 Å². The van der Waals surface area contributed by atoms with Gasteiger partial charge in [0.25, 0.3) is 0 Å². The minimum atomic E-state index is -4.73. The standard InChI is InChI=1S/C17H18F3NO/c1-11(2)12-4-3-5-13(8-12)14-6-7-15(10-21)16(9-14)22-17(18,19)20/h3-9,11H,10,21H2,1-2H3. The highest BCUT2D eigenvalue weighted by Gasteiger charge is 2.32. The van der Waals surface area contributed by atoms with E-state index in [4.69, 9.17) is 5.73 Å². The molecule has 2 rings (SSSR count). The Kier molecular flexibility index (Phi) is 4.76. The van der Waals surface area contributed by atoms with Crippen molar-refractivity contribution in [3.05, 3.63) is 53.6 Å². The van der Waals surface area contributed by atoms with E-state index in [9.17, 15) is 13.2 Å². The minimum absolute atomic E-state index is 0.0161. The Hall–Kier alpha value is -2.01. The zero-order valence-corrected chi connectivity index (χ0v) is 12.4. The van der Waals surface area contributed by atoms with E-state index in [0.29, 0.717) is 17.0 Å². The summed E-state index contributed by atoms with van der Waals surface area (Å²) in [4.78, 5) is 0. The Morgan fingerprint density at radius 1 is 1.05 bits per heavy atom. The van der Waals surface area contributed by atoms with Gasteiger partial charge in [-0.15, -0.1) is 13.2 Å². The van der Waals surface area contributed by atoms with Gasteiger partial charge in [0.1, 0.15) is 5.75 Å². The number of benzene rings is 2. The molecule has 5 heteroatoms. The maximum Gasteiger partial charge on any atom is 0.573 e. The largest absolute Gasteiger partial charge is 0.573 e. The molecule has 22 heavy (non-hydrogen) atoms. The highest BCUT2D eigenvalue weighted by molar-refractivity contribution is 5.67. The van der Waals surface area contributed by atoms with Crippen molar-refractivity contribution in [2.45, 2.75) is 32.7 Å². The van der Waals surface area contributed by atoms with Crippen LogP contribution in [0.25, 0.3) is 11.1 Å². The predicted octanol–water partition coefficient (Wildman–Crippen LogP) is 4.83. The molecule has 0 amide bonds. The molecule has 0 heterocycles. The summed E-state index contributed by atoms with van der Waals surface area (Å²) in [6, 6.07) is 12.4. The third kappa shape index (κ3) is 4.01. The van der Waals surface area contributed by atoms with E-state index in [1.807, 2.05) is 24.3 Å². The first-order chi connectivity index (χ1) is 10.3. The molecule has 0 aliphatic rings. The Morgan fingerprint density at radius 3 is 2.32 bits per heavy atom. The maximum atomic E-state index is 12.5. The molecule has 0 spiro atoms. The summed E-state index contributed by atoms with van der Waals surface area (Å²) in [7, 11) is 0. The van der Waals surface area contributed by atoms with Crippen LogP contribution < -0.4 is 10.5 Å². The number of hydrogen-bond donors (Lipinski definition) is 1. The van der Waals surface area contributed by atoms with Crippen molar-refractivity contribution in [3.8, 4) is 16.9 Å². The number of nitrogens with two attached hydrogens (primary N) is 1. The summed E-state index contributed by atoms with van der Waals surface area (Å²) in [6.07, 6.45) is -4.73. The minimum Gasteiger partial charge on any atom is -0.405 e. The second-order valence-corrected chi connectivity index (χ2v) is 5.35. The van der Waals surface area contributed by atoms with Crippen LogP contribution in [0.1, 0.15) is 30.9 Å². The lowest BCUT2D eigenvalue weighted by molar-refractivity contribution is -0.274. The topological polar surface area (TPSA) is 35.2 Å². The average Bonchev–Trinajstić information content (AvgIpc) is 2.45. The molecular formula is C17H18F3NO. The summed E-state index contributed by atoms with van der Waals surface area (Å²) in [5.74, 6) is 0.0941. The summed E-state index contributed by atoms with van der Waals surface area (Å²) in [6.45, 7) is 4.11. The van der Waals surface area contributed by atoms with Gasteiger partial charge in [0.05, 0.1) is 0 Å². The van der Waals surface area contributed by atoms with Crippen molar-refractivity contribution < 1.29 is 17.9 Å². The van der Waals surface area contributed by atoms with Gasteiger partial charge in [-0.1, -0.05) is 50.2 Å². The molecule has 0 saturated carbocycles. The van der Waals surface area contributed by atoms with Crippen molar-refractivity contribution in [1.82, 2.24) is 0 Å². The third-order valence-corrected chi connectivity index (χ3v) is 3.40. The third-order valence-electron chi connectivity index (χ3n) is 3.40. The van der Waals surface area contributed by atoms with E-state index in [1.165, 1.54) is 6.07 Å². The molecule has 0 aliphatic heterocycles. The molecule has 2 aromatic rings. The second kappa shape index (κ2) is 6.40. The zero-order valence-electron chi connectivity index (χ0n) is 12.4. The quantitative estimate of drug-likeness (QED) is 0.877. The average molecular weight is 309 g/mol. The lowest BCUT2D eigenvalue weighted by Crippen LogP contribution is -2.18. The van der Waals surface area contributed by atoms with Crippen molar-refractivity contribution in [2.75, 3.05) is 0 Å². The number of rotatable bonds is 4. The molecule has 0 atom stereocenters. The number of hydrogen-bond acceptors (Lipinski definition) is 2. The summed E-state index contributed by atoms with van der Waals surface area (Å²) in [5.41, 5.74) is 8.43. The first-order valence-corrected chi connectivity index (χ1v) is 6.99. The van der Waals surface area contributed by atoms with Gasteiger partial charge in [-0.05, 0) is 28.7 Å². The molecule has 0 radical (unpaired) electrons. The molecule has 2 aromatic carbocycles. The molecule has 0 aliphatic carbocycles. The lowest BCUT2D eigenvalue weighted by atomic mass is 9.96. The Labute approximate surface area is 127 Å². The zero-order chi connectivity index (χ0) is 16.3. The number of ether oxygens (including phenoxy) is 1. The molecule has 0 unspecified atom stereocenters. The van der Waals surface area contributed by atoms with Gasteiger partial charge in [0.2, 0.25) is 0 Å². The molecule has 118 valence electrons. The van der Waals surface area contributed by atoms with E-state index >= 15 is 0 Å². The van der Waals surface area contributed by atoms with Gasteiger partial charge < -0.3 is 10.5 Å². The summed E-state index contributed by atoms with van der Waals surface area (Å²) in [5, 5.41) is 0. The van der Waals surface area contributed by atoms with E-state index in [1.54, 1.807) is 12.1 Å². The lowest BCUT2D eigenvalue weighted by Gasteiger charge is -2.14. The molecular weight excluding hydrogens is 291 g/mol. The van der Waals surface area contributed by atoms with E-state index < -0.39 is 6.36 Å². The van der Waals surface area contributed by atoms with Gasteiger partial charge in [0.15, 0.2) is 0 Å². The van der Waals surface area contributed by atoms with E-state index in [2.05, 4.69) is 18.6 Å². The Morgan fingerprint density at radius 2 is 1.73 bits per heavy atom. The van der Waals surface area contributed by atoms with Crippen LogP contribution in [-0.2, 0) is 6.54 Å². The van der Waals surface area contributed by atoms with Crippen LogP contribution in [0, 0.1) is 0 Å². The molecule has 2 N–H and O–H groups in total. The van der Waals surface area contributed by atoms with Gasteiger partial charge in [0, 0.05) is 12.1 Å². The first-order valence-electron chi connectivity index (χ1n) is 6.99. The maximum absolute atomic E-state index is 12.5. The van der Waals surface area contributed by atoms with Crippen molar-refractivity contribution >= 4 is 0 Å². The summed E-state index contributed by atoms with van der Waals surface area (Å²) < 4.78 is 41.6. The van der Waals surface area contributed by atoms with E-state index in [-0.39, 0.29) is 12.3 Å².